The summed E-state index contributed by atoms with van der Waals surface area (Å²) in [5.41, 5.74) is 0.809. The van der Waals surface area contributed by atoms with Crippen LogP contribution in [0.4, 0.5) is 0 Å². The molecule has 3 rings (SSSR count). The molecule has 0 radical (unpaired) electrons. The summed E-state index contributed by atoms with van der Waals surface area (Å²) in [5.74, 6) is 0. The van der Waals surface area contributed by atoms with Crippen LogP contribution >= 0.6 is 0 Å². The van der Waals surface area contributed by atoms with Gasteiger partial charge in [-0.05, 0) is 39.0 Å². The van der Waals surface area contributed by atoms with Gasteiger partial charge in [0.1, 0.15) is 0 Å². The van der Waals surface area contributed by atoms with Gasteiger partial charge in [-0.1, -0.05) is 19.8 Å². The average molecular weight is 266 g/mol. The first-order chi connectivity index (χ1) is 9.18. The standard InChI is InChI=1S/C16H30N2O/c1-3-14-12-17-16(6-4-5-7-16)13-18(14)15(2)8-10-19-11-9-15/h14,17H,3-13H2,1-2H3. The van der Waals surface area contributed by atoms with E-state index in [1.54, 1.807) is 0 Å². The van der Waals surface area contributed by atoms with Crippen LogP contribution in [0.25, 0.3) is 0 Å². The summed E-state index contributed by atoms with van der Waals surface area (Å²) in [7, 11) is 0. The van der Waals surface area contributed by atoms with Crippen molar-refractivity contribution < 1.29 is 4.74 Å². The van der Waals surface area contributed by atoms with E-state index in [0.29, 0.717) is 17.1 Å². The van der Waals surface area contributed by atoms with Crippen LogP contribution in [0.1, 0.15) is 58.8 Å². The minimum Gasteiger partial charge on any atom is -0.381 e. The maximum atomic E-state index is 5.60. The summed E-state index contributed by atoms with van der Waals surface area (Å²) in [6, 6.07) is 0.717. The lowest BCUT2D eigenvalue weighted by Gasteiger charge is -2.55. The van der Waals surface area contributed by atoms with Gasteiger partial charge in [0.15, 0.2) is 0 Å². The third-order valence-corrected chi connectivity index (χ3v) is 5.92. The van der Waals surface area contributed by atoms with Crippen LogP contribution in [0.15, 0.2) is 0 Å². The van der Waals surface area contributed by atoms with E-state index in [1.807, 2.05) is 0 Å². The quantitative estimate of drug-likeness (QED) is 0.831. The van der Waals surface area contributed by atoms with Crippen LogP contribution < -0.4 is 5.32 Å². The summed E-state index contributed by atoms with van der Waals surface area (Å²) in [6.45, 7) is 9.17. The lowest BCUT2D eigenvalue weighted by atomic mass is 9.83. The number of rotatable bonds is 2. The normalized spacial score (nSPS) is 34.7. The van der Waals surface area contributed by atoms with E-state index in [9.17, 15) is 0 Å². The van der Waals surface area contributed by atoms with Crippen molar-refractivity contribution in [3.05, 3.63) is 0 Å². The molecule has 1 aliphatic carbocycles. The van der Waals surface area contributed by atoms with Crippen LogP contribution in [0.2, 0.25) is 0 Å². The molecule has 0 bridgehead atoms. The van der Waals surface area contributed by atoms with E-state index in [-0.39, 0.29) is 0 Å². The molecule has 0 aromatic heterocycles. The van der Waals surface area contributed by atoms with Gasteiger partial charge < -0.3 is 10.1 Å². The fourth-order valence-corrected chi connectivity index (χ4v) is 4.44. The molecule has 1 atom stereocenters. The third-order valence-electron chi connectivity index (χ3n) is 5.92. The van der Waals surface area contributed by atoms with Gasteiger partial charge in [-0.2, -0.15) is 0 Å². The Kier molecular flexibility index (Phi) is 3.89. The molecule has 0 aromatic rings. The van der Waals surface area contributed by atoms with Crippen molar-refractivity contribution in [3.63, 3.8) is 0 Å². The molecule has 1 unspecified atom stereocenters. The molecular weight excluding hydrogens is 236 g/mol. The maximum absolute atomic E-state index is 5.60. The first kappa shape index (κ1) is 13.8. The average Bonchev–Trinajstić information content (AvgIpc) is 2.88. The topological polar surface area (TPSA) is 24.5 Å². The summed E-state index contributed by atoms with van der Waals surface area (Å²) in [5, 5.41) is 3.91. The molecule has 2 aliphatic heterocycles. The Morgan fingerprint density at radius 3 is 2.47 bits per heavy atom. The van der Waals surface area contributed by atoms with Crippen molar-refractivity contribution in [2.75, 3.05) is 26.3 Å². The smallest absolute Gasteiger partial charge is 0.0483 e. The molecule has 19 heavy (non-hydrogen) atoms. The lowest BCUT2D eigenvalue weighted by Crippen LogP contribution is -2.68. The van der Waals surface area contributed by atoms with Crippen LogP contribution in [0.3, 0.4) is 0 Å². The molecule has 3 fully saturated rings. The van der Waals surface area contributed by atoms with Crippen LogP contribution in [-0.4, -0.2) is 48.3 Å². The molecule has 110 valence electrons. The van der Waals surface area contributed by atoms with E-state index < -0.39 is 0 Å². The monoisotopic (exact) mass is 266 g/mol. The second-order valence-corrected chi connectivity index (χ2v) is 7.17. The van der Waals surface area contributed by atoms with Gasteiger partial charge in [0, 0.05) is 43.4 Å². The van der Waals surface area contributed by atoms with Crippen LogP contribution in [0, 0.1) is 0 Å². The molecule has 3 aliphatic rings. The van der Waals surface area contributed by atoms with Crippen molar-refractivity contribution in [2.45, 2.75) is 75.9 Å². The van der Waals surface area contributed by atoms with Gasteiger partial charge in [0.25, 0.3) is 0 Å². The van der Waals surface area contributed by atoms with Gasteiger partial charge in [-0.15, -0.1) is 0 Å². The largest absolute Gasteiger partial charge is 0.381 e. The zero-order chi connectivity index (χ0) is 13.3. The fourth-order valence-electron chi connectivity index (χ4n) is 4.44. The molecule has 1 N–H and O–H groups in total. The van der Waals surface area contributed by atoms with Gasteiger partial charge in [0.05, 0.1) is 0 Å². The van der Waals surface area contributed by atoms with E-state index >= 15 is 0 Å². The minimum atomic E-state index is 0.372. The fraction of sp³-hybridized carbons (Fsp3) is 1.00. The summed E-state index contributed by atoms with van der Waals surface area (Å²) < 4.78 is 5.60. The first-order valence-corrected chi connectivity index (χ1v) is 8.27. The highest BCUT2D eigenvalue weighted by Gasteiger charge is 2.46. The number of nitrogens with zero attached hydrogens (tertiary/aromatic N) is 1. The van der Waals surface area contributed by atoms with Crippen molar-refractivity contribution >= 4 is 0 Å². The molecular formula is C16H30N2O. The van der Waals surface area contributed by atoms with Crippen molar-refractivity contribution in [2.24, 2.45) is 0 Å². The zero-order valence-electron chi connectivity index (χ0n) is 12.7. The Bertz CT molecular complexity index is 306. The Morgan fingerprint density at radius 2 is 1.84 bits per heavy atom. The Morgan fingerprint density at radius 1 is 1.16 bits per heavy atom. The molecule has 0 amide bonds. The second kappa shape index (κ2) is 5.34. The van der Waals surface area contributed by atoms with Crippen LogP contribution in [0.5, 0.6) is 0 Å². The molecule has 2 heterocycles. The number of ether oxygens (including phenoxy) is 1. The second-order valence-electron chi connectivity index (χ2n) is 7.17. The van der Waals surface area contributed by atoms with Crippen molar-refractivity contribution in [1.82, 2.24) is 10.2 Å². The Labute approximate surface area is 118 Å². The number of piperazine rings is 1. The molecule has 1 spiro atoms. The maximum Gasteiger partial charge on any atom is 0.0483 e. The van der Waals surface area contributed by atoms with Gasteiger partial charge in [0.2, 0.25) is 0 Å². The van der Waals surface area contributed by atoms with Gasteiger partial charge in [-0.25, -0.2) is 0 Å². The lowest BCUT2D eigenvalue weighted by molar-refractivity contribution is -0.0673. The molecule has 1 saturated carbocycles. The predicted octanol–water partition coefficient (Wildman–Crippen LogP) is 2.55. The highest BCUT2D eigenvalue weighted by atomic mass is 16.5. The van der Waals surface area contributed by atoms with E-state index in [4.69, 9.17) is 4.74 Å². The summed E-state index contributed by atoms with van der Waals surface area (Å²) in [6.07, 6.45) is 9.27. The van der Waals surface area contributed by atoms with E-state index in [2.05, 4.69) is 24.1 Å². The number of hydrogen-bond acceptors (Lipinski definition) is 3. The van der Waals surface area contributed by atoms with Crippen LogP contribution in [-0.2, 0) is 4.74 Å². The Balaban J connectivity index is 1.78. The number of nitrogens with one attached hydrogen (secondary N) is 1. The highest BCUT2D eigenvalue weighted by Crippen LogP contribution is 2.39. The molecule has 3 heteroatoms. The SMILES string of the molecule is CCC1CNC2(CCCC2)CN1C1(C)CCOCC1. The molecule has 2 saturated heterocycles. The van der Waals surface area contributed by atoms with Gasteiger partial charge in [-0.3, -0.25) is 4.90 Å². The summed E-state index contributed by atoms with van der Waals surface area (Å²) in [4.78, 5) is 2.86. The van der Waals surface area contributed by atoms with Gasteiger partial charge >= 0.3 is 0 Å². The van der Waals surface area contributed by atoms with E-state index in [1.165, 1.54) is 58.0 Å². The van der Waals surface area contributed by atoms with Crippen molar-refractivity contribution in [1.29, 1.82) is 0 Å². The van der Waals surface area contributed by atoms with Crippen molar-refractivity contribution in [3.8, 4) is 0 Å². The minimum absolute atomic E-state index is 0.372. The third kappa shape index (κ3) is 2.57. The van der Waals surface area contributed by atoms with E-state index in [0.717, 1.165) is 13.2 Å². The highest BCUT2D eigenvalue weighted by molar-refractivity contribution is 5.05. The first-order valence-electron chi connectivity index (χ1n) is 8.27. The molecule has 0 aromatic carbocycles. The Hall–Kier alpha value is -0.120. The number of hydrogen-bond donors (Lipinski definition) is 1. The zero-order valence-corrected chi connectivity index (χ0v) is 12.7. The summed E-state index contributed by atoms with van der Waals surface area (Å²) >= 11 is 0. The molecule has 3 nitrogen and oxygen atoms in total. The predicted molar refractivity (Wildman–Crippen MR) is 78.4 cm³/mol.